The van der Waals surface area contributed by atoms with E-state index in [1.165, 1.54) is 11.3 Å². The van der Waals surface area contributed by atoms with Crippen LogP contribution in [-0.2, 0) is 16.0 Å². The predicted octanol–water partition coefficient (Wildman–Crippen LogP) is 2.64. The van der Waals surface area contributed by atoms with Gasteiger partial charge in [-0.15, -0.1) is 11.3 Å². The highest BCUT2D eigenvalue weighted by Gasteiger charge is 2.41. The molecule has 1 aliphatic heterocycles. The Kier molecular flexibility index (Phi) is 5.27. The van der Waals surface area contributed by atoms with Crippen LogP contribution < -0.4 is 4.74 Å². The first kappa shape index (κ1) is 18.4. The second kappa shape index (κ2) is 7.45. The smallest absolute Gasteiger partial charge is 0.308 e. The molecule has 2 aromatic rings. The van der Waals surface area contributed by atoms with Gasteiger partial charge in [0.05, 0.1) is 30.2 Å². The summed E-state index contributed by atoms with van der Waals surface area (Å²) in [5.74, 6) is -1.20. The summed E-state index contributed by atoms with van der Waals surface area (Å²) in [6.45, 7) is 4.41. The third-order valence-electron chi connectivity index (χ3n) is 4.84. The van der Waals surface area contributed by atoms with Gasteiger partial charge in [0.25, 0.3) is 0 Å². The van der Waals surface area contributed by atoms with Gasteiger partial charge in [-0.2, -0.15) is 0 Å². The molecule has 0 bridgehead atoms. The molecule has 0 spiro atoms. The maximum Gasteiger partial charge on any atom is 0.308 e. The molecule has 0 radical (unpaired) electrons. The zero-order valence-corrected chi connectivity index (χ0v) is 15.9. The summed E-state index contributed by atoms with van der Waals surface area (Å²) in [4.78, 5) is 31.5. The molecule has 7 heteroatoms. The molecule has 1 aromatic heterocycles. The number of benzene rings is 1. The summed E-state index contributed by atoms with van der Waals surface area (Å²) < 4.78 is 5.39. The van der Waals surface area contributed by atoms with Crippen molar-refractivity contribution in [3.05, 3.63) is 45.4 Å². The number of ether oxygens (including phenoxy) is 1. The lowest BCUT2D eigenvalue weighted by molar-refractivity contribution is -0.141. The van der Waals surface area contributed by atoms with Crippen molar-refractivity contribution in [3.8, 4) is 5.75 Å². The van der Waals surface area contributed by atoms with E-state index >= 15 is 0 Å². The number of aliphatic carboxylic acids is 1. The minimum atomic E-state index is -0.888. The SMILES string of the molecule is COc1ccccc1[C@@H]1CN(C(=O)Cc2sc(C)nc2C)C[C@H]1C(=O)O. The normalized spacial score (nSPS) is 19.6. The standard InChI is InChI=1S/C19H22N2O4S/c1-11-17(26-12(2)20-11)8-18(22)21-9-14(15(10-21)19(23)24)13-6-4-5-7-16(13)25-3/h4-7,14-15H,8-10H2,1-3H3,(H,23,24)/t14-,15+/m0/s1. The molecular weight excluding hydrogens is 352 g/mol. The minimum absolute atomic E-state index is 0.0552. The Morgan fingerprint density at radius 3 is 2.65 bits per heavy atom. The lowest BCUT2D eigenvalue weighted by Crippen LogP contribution is -2.31. The molecule has 1 saturated heterocycles. The Morgan fingerprint density at radius 2 is 2.04 bits per heavy atom. The lowest BCUT2D eigenvalue weighted by Gasteiger charge is -2.18. The van der Waals surface area contributed by atoms with Crippen LogP contribution in [0.25, 0.3) is 0 Å². The topological polar surface area (TPSA) is 79.7 Å². The van der Waals surface area contributed by atoms with E-state index in [0.29, 0.717) is 12.3 Å². The predicted molar refractivity (Wildman–Crippen MR) is 98.7 cm³/mol. The summed E-state index contributed by atoms with van der Waals surface area (Å²) in [6.07, 6.45) is 0.266. The van der Waals surface area contributed by atoms with Crippen LogP contribution in [0.4, 0.5) is 0 Å². The second-order valence-corrected chi connectivity index (χ2v) is 7.80. The Labute approximate surface area is 156 Å². The number of aryl methyl sites for hydroxylation is 2. The number of carbonyl (C=O) groups excluding carboxylic acids is 1. The monoisotopic (exact) mass is 374 g/mol. The number of methoxy groups -OCH3 is 1. The Morgan fingerprint density at radius 1 is 1.31 bits per heavy atom. The first-order valence-corrected chi connectivity index (χ1v) is 9.28. The number of nitrogens with zero attached hydrogens (tertiary/aromatic N) is 2. The quantitative estimate of drug-likeness (QED) is 0.870. The zero-order valence-electron chi connectivity index (χ0n) is 15.1. The van der Waals surface area contributed by atoms with Gasteiger partial charge in [-0.1, -0.05) is 18.2 Å². The van der Waals surface area contributed by atoms with Crippen molar-refractivity contribution < 1.29 is 19.4 Å². The summed E-state index contributed by atoms with van der Waals surface area (Å²) in [7, 11) is 1.57. The van der Waals surface area contributed by atoms with Crippen molar-refractivity contribution >= 4 is 23.2 Å². The van der Waals surface area contributed by atoms with Crippen molar-refractivity contribution in [2.75, 3.05) is 20.2 Å². The van der Waals surface area contributed by atoms with E-state index < -0.39 is 11.9 Å². The van der Waals surface area contributed by atoms with Crippen molar-refractivity contribution in [1.29, 1.82) is 0 Å². The number of thiazole rings is 1. The number of hydrogen-bond donors (Lipinski definition) is 1. The van der Waals surface area contributed by atoms with Gasteiger partial charge >= 0.3 is 5.97 Å². The Balaban J connectivity index is 1.82. The van der Waals surface area contributed by atoms with E-state index in [0.717, 1.165) is 21.1 Å². The molecule has 1 fully saturated rings. The number of aromatic nitrogens is 1. The van der Waals surface area contributed by atoms with E-state index in [2.05, 4.69) is 4.98 Å². The third-order valence-corrected chi connectivity index (χ3v) is 5.91. The van der Waals surface area contributed by atoms with Gasteiger partial charge in [0.2, 0.25) is 5.91 Å². The number of likely N-dealkylation sites (tertiary alicyclic amines) is 1. The van der Waals surface area contributed by atoms with Gasteiger partial charge < -0.3 is 14.7 Å². The summed E-state index contributed by atoms with van der Waals surface area (Å²) in [6, 6.07) is 7.42. The molecule has 2 heterocycles. The molecule has 26 heavy (non-hydrogen) atoms. The molecule has 3 rings (SSSR count). The van der Waals surface area contributed by atoms with Crippen molar-refractivity contribution in [2.24, 2.45) is 5.92 Å². The molecule has 1 N–H and O–H groups in total. The van der Waals surface area contributed by atoms with Crippen LogP contribution in [0.2, 0.25) is 0 Å². The number of para-hydroxylation sites is 1. The molecule has 6 nitrogen and oxygen atoms in total. The van der Waals surface area contributed by atoms with E-state index in [9.17, 15) is 14.7 Å². The third kappa shape index (κ3) is 3.58. The fourth-order valence-corrected chi connectivity index (χ4v) is 4.46. The maximum atomic E-state index is 12.8. The minimum Gasteiger partial charge on any atom is -0.496 e. The van der Waals surface area contributed by atoms with Gasteiger partial charge in [0, 0.05) is 23.9 Å². The van der Waals surface area contributed by atoms with Crippen LogP contribution >= 0.6 is 11.3 Å². The van der Waals surface area contributed by atoms with E-state index in [4.69, 9.17) is 4.74 Å². The average molecular weight is 374 g/mol. The van der Waals surface area contributed by atoms with Crippen molar-refractivity contribution in [3.63, 3.8) is 0 Å². The average Bonchev–Trinajstić information content (AvgIpc) is 3.18. The molecule has 1 aromatic carbocycles. The first-order chi connectivity index (χ1) is 12.4. The fourth-order valence-electron chi connectivity index (χ4n) is 3.53. The lowest BCUT2D eigenvalue weighted by atomic mass is 9.88. The molecule has 0 unspecified atom stereocenters. The highest BCUT2D eigenvalue weighted by atomic mass is 32.1. The van der Waals surface area contributed by atoms with Crippen LogP contribution in [0.3, 0.4) is 0 Å². The van der Waals surface area contributed by atoms with E-state index in [1.54, 1.807) is 12.0 Å². The van der Waals surface area contributed by atoms with Crippen LogP contribution in [-0.4, -0.2) is 47.1 Å². The van der Waals surface area contributed by atoms with Gasteiger partial charge in [-0.3, -0.25) is 9.59 Å². The number of carbonyl (C=O) groups is 2. The molecule has 1 amide bonds. The molecule has 2 atom stereocenters. The van der Waals surface area contributed by atoms with Crippen LogP contribution in [0.15, 0.2) is 24.3 Å². The summed E-state index contributed by atoms with van der Waals surface area (Å²) >= 11 is 1.52. The molecular formula is C19H22N2O4S. The maximum absolute atomic E-state index is 12.8. The van der Waals surface area contributed by atoms with Gasteiger partial charge in [-0.25, -0.2) is 4.98 Å². The van der Waals surface area contributed by atoms with Gasteiger partial charge in [0.1, 0.15) is 5.75 Å². The Bertz CT molecular complexity index is 833. The fraction of sp³-hybridized carbons (Fsp3) is 0.421. The largest absolute Gasteiger partial charge is 0.496 e. The molecule has 0 aliphatic carbocycles. The first-order valence-electron chi connectivity index (χ1n) is 8.47. The van der Waals surface area contributed by atoms with Gasteiger partial charge in [0.15, 0.2) is 0 Å². The van der Waals surface area contributed by atoms with E-state index in [1.807, 2.05) is 38.1 Å². The van der Waals surface area contributed by atoms with Gasteiger partial charge in [-0.05, 0) is 25.5 Å². The van der Waals surface area contributed by atoms with Crippen LogP contribution in [0, 0.1) is 19.8 Å². The highest BCUT2D eigenvalue weighted by molar-refractivity contribution is 7.11. The molecule has 1 aliphatic rings. The van der Waals surface area contributed by atoms with E-state index in [-0.39, 0.29) is 24.8 Å². The zero-order chi connectivity index (χ0) is 18.8. The van der Waals surface area contributed by atoms with Crippen LogP contribution in [0.5, 0.6) is 5.75 Å². The number of hydrogen-bond acceptors (Lipinski definition) is 5. The number of rotatable bonds is 5. The van der Waals surface area contributed by atoms with Crippen LogP contribution in [0.1, 0.15) is 27.1 Å². The number of carboxylic acids is 1. The summed E-state index contributed by atoms with van der Waals surface area (Å²) in [5.41, 5.74) is 1.71. The molecule has 0 saturated carbocycles. The van der Waals surface area contributed by atoms with Crippen molar-refractivity contribution in [1.82, 2.24) is 9.88 Å². The summed E-state index contributed by atoms with van der Waals surface area (Å²) in [5, 5.41) is 10.6. The number of carboxylic acid groups (broad SMARTS) is 1. The molecule has 138 valence electrons. The highest BCUT2D eigenvalue weighted by Crippen LogP contribution is 2.38. The second-order valence-electron chi connectivity index (χ2n) is 6.51. The Hall–Kier alpha value is -2.41. The van der Waals surface area contributed by atoms with Crippen molar-refractivity contribution in [2.45, 2.75) is 26.2 Å². The number of amides is 1.